The van der Waals surface area contributed by atoms with Gasteiger partial charge in [-0.15, -0.1) is 0 Å². The number of nitrogens with one attached hydrogen (secondary N) is 2. The van der Waals surface area contributed by atoms with Gasteiger partial charge < -0.3 is 15.2 Å². The molecule has 0 radical (unpaired) electrons. The van der Waals surface area contributed by atoms with Crippen molar-refractivity contribution in [1.29, 1.82) is 0 Å². The highest BCUT2D eigenvalue weighted by atomic mass is 16.5. The molecule has 1 heterocycles. The van der Waals surface area contributed by atoms with Crippen LogP contribution in [-0.4, -0.2) is 35.2 Å². The summed E-state index contributed by atoms with van der Waals surface area (Å²) in [5, 5.41) is 10.9. The van der Waals surface area contributed by atoms with Gasteiger partial charge in [0.15, 0.2) is 11.8 Å². The minimum atomic E-state index is 0.295. The number of rotatable bonds is 6. The van der Waals surface area contributed by atoms with Gasteiger partial charge in [-0.05, 0) is 25.7 Å². The second-order valence-electron chi connectivity index (χ2n) is 6.82. The van der Waals surface area contributed by atoms with Gasteiger partial charge >= 0.3 is 0 Å². The number of hydrogen-bond acceptors (Lipinski definition) is 4. The Kier molecular flexibility index (Phi) is 6.86. The Morgan fingerprint density at radius 1 is 1.39 bits per heavy atom. The van der Waals surface area contributed by atoms with Crippen LogP contribution in [0.4, 0.5) is 0 Å². The largest absolute Gasteiger partial charge is 0.357 e. The lowest BCUT2D eigenvalue weighted by Crippen LogP contribution is -2.45. The summed E-state index contributed by atoms with van der Waals surface area (Å²) >= 11 is 0. The maximum Gasteiger partial charge on any atom is 0.228 e. The van der Waals surface area contributed by atoms with Gasteiger partial charge in [0.05, 0.1) is 6.54 Å². The van der Waals surface area contributed by atoms with Crippen molar-refractivity contribution >= 4 is 5.96 Å². The van der Waals surface area contributed by atoms with Gasteiger partial charge in [-0.3, -0.25) is 4.99 Å². The van der Waals surface area contributed by atoms with E-state index >= 15 is 0 Å². The number of hydrogen-bond donors (Lipinski definition) is 2. The lowest BCUT2D eigenvalue weighted by Gasteiger charge is -2.28. The van der Waals surface area contributed by atoms with Gasteiger partial charge in [-0.1, -0.05) is 38.8 Å². The van der Waals surface area contributed by atoms with Crippen LogP contribution in [0.15, 0.2) is 9.52 Å². The fourth-order valence-electron chi connectivity index (χ4n) is 2.95. The molecule has 0 aliphatic heterocycles. The van der Waals surface area contributed by atoms with E-state index in [4.69, 9.17) is 4.52 Å². The first-order valence-electron chi connectivity index (χ1n) is 8.95. The van der Waals surface area contributed by atoms with E-state index in [1.807, 2.05) is 0 Å². The second-order valence-corrected chi connectivity index (χ2v) is 6.82. The first kappa shape index (κ1) is 17.8. The van der Waals surface area contributed by atoms with Crippen molar-refractivity contribution in [2.24, 2.45) is 10.9 Å². The van der Waals surface area contributed by atoms with Crippen LogP contribution in [0.25, 0.3) is 0 Å². The third-order valence-corrected chi connectivity index (χ3v) is 4.22. The molecule has 6 heteroatoms. The molecule has 2 atom stereocenters. The molecule has 0 amide bonds. The molecule has 6 nitrogen and oxygen atoms in total. The third kappa shape index (κ3) is 5.84. The maximum absolute atomic E-state index is 5.26. The van der Waals surface area contributed by atoms with Crippen LogP contribution in [0.2, 0.25) is 0 Å². The molecule has 0 saturated heterocycles. The van der Waals surface area contributed by atoms with E-state index in [1.165, 1.54) is 25.7 Å². The number of guanidine groups is 1. The number of nitrogens with zero attached hydrogens (tertiary/aromatic N) is 3. The molecule has 2 unspecified atom stereocenters. The first-order chi connectivity index (χ1) is 11.1. The number of aromatic nitrogens is 2. The van der Waals surface area contributed by atoms with Gasteiger partial charge in [0, 0.05) is 24.9 Å². The van der Waals surface area contributed by atoms with Crippen LogP contribution in [0.1, 0.15) is 71.0 Å². The minimum Gasteiger partial charge on any atom is -0.357 e. The summed E-state index contributed by atoms with van der Waals surface area (Å²) in [6.07, 6.45) is 5.79. The summed E-state index contributed by atoms with van der Waals surface area (Å²) in [5.74, 6) is 3.43. The fraction of sp³-hybridized carbons (Fsp3) is 0.824. The summed E-state index contributed by atoms with van der Waals surface area (Å²) in [7, 11) is 0. The van der Waals surface area contributed by atoms with E-state index < -0.39 is 0 Å². The van der Waals surface area contributed by atoms with Gasteiger partial charge in [0.25, 0.3) is 0 Å². The summed E-state index contributed by atoms with van der Waals surface area (Å²) in [6.45, 7) is 10.1. The van der Waals surface area contributed by atoms with Crippen LogP contribution >= 0.6 is 0 Å². The Morgan fingerprint density at radius 2 is 2.22 bits per heavy atom. The predicted molar refractivity (Wildman–Crippen MR) is 92.6 cm³/mol. The first-order valence-corrected chi connectivity index (χ1v) is 8.95. The quantitative estimate of drug-likeness (QED) is 0.622. The van der Waals surface area contributed by atoms with Crippen LogP contribution in [0.5, 0.6) is 0 Å². The van der Waals surface area contributed by atoms with Gasteiger partial charge in [0.2, 0.25) is 5.89 Å². The zero-order valence-electron chi connectivity index (χ0n) is 14.9. The van der Waals surface area contributed by atoms with Gasteiger partial charge in [-0.2, -0.15) is 4.98 Å². The van der Waals surface area contributed by atoms with Gasteiger partial charge in [-0.25, -0.2) is 0 Å². The summed E-state index contributed by atoms with van der Waals surface area (Å²) in [5.41, 5.74) is 0. The standard InChI is InChI=1S/C17H31N5O/c1-5-18-17(20-14-8-6-7-13(4)11-14)19-10-9-15-21-16(12(2)3)22-23-15/h12-14H,5-11H2,1-4H3,(H2,18,19,20). The molecule has 1 saturated carbocycles. The van der Waals surface area contributed by atoms with Crippen molar-refractivity contribution in [2.45, 2.75) is 71.8 Å². The average Bonchev–Trinajstić information content (AvgIpc) is 2.96. The van der Waals surface area contributed by atoms with Crippen molar-refractivity contribution in [3.63, 3.8) is 0 Å². The van der Waals surface area contributed by atoms with E-state index in [0.717, 1.165) is 24.2 Å². The van der Waals surface area contributed by atoms with Crippen LogP contribution < -0.4 is 10.6 Å². The molecule has 23 heavy (non-hydrogen) atoms. The monoisotopic (exact) mass is 321 g/mol. The van der Waals surface area contributed by atoms with Crippen molar-refractivity contribution in [2.75, 3.05) is 13.1 Å². The van der Waals surface area contributed by atoms with E-state index in [0.29, 0.717) is 30.8 Å². The Labute approximate surface area is 139 Å². The SMILES string of the molecule is CCNC(=NCCc1nc(C(C)C)no1)NC1CCCC(C)C1. The molecule has 1 aromatic heterocycles. The zero-order chi connectivity index (χ0) is 16.7. The lowest BCUT2D eigenvalue weighted by molar-refractivity contribution is 0.324. The summed E-state index contributed by atoms with van der Waals surface area (Å²) < 4.78 is 5.26. The molecular formula is C17H31N5O. The Balaban J connectivity index is 1.84. The van der Waals surface area contributed by atoms with Crippen molar-refractivity contribution in [1.82, 2.24) is 20.8 Å². The molecular weight excluding hydrogens is 290 g/mol. The van der Waals surface area contributed by atoms with Crippen LogP contribution in [0, 0.1) is 5.92 Å². The summed E-state index contributed by atoms with van der Waals surface area (Å²) in [4.78, 5) is 9.04. The van der Waals surface area contributed by atoms with Crippen LogP contribution in [-0.2, 0) is 6.42 Å². The molecule has 2 N–H and O–H groups in total. The molecule has 1 aliphatic rings. The normalized spacial score (nSPS) is 22.4. The Hall–Kier alpha value is -1.59. The molecule has 1 aromatic rings. The zero-order valence-corrected chi connectivity index (χ0v) is 14.9. The van der Waals surface area contributed by atoms with Crippen molar-refractivity contribution in [3.05, 3.63) is 11.7 Å². The maximum atomic E-state index is 5.26. The highest BCUT2D eigenvalue weighted by Crippen LogP contribution is 2.23. The molecule has 0 spiro atoms. The number of aliphatic imine (C=N–C) groups is 1. The average molecular weight is 321 g/mol. The molecule has 1 aliphatic carbocycles. The van der Waals surface area contributed by atoms with Crippen LogP contribution in [0.3, 0.4) is 0 Å². The van der Waals surface area contributed by atoms with Crippen molar-refractivity contribution < 1.29 is 4.52 Å². The fourth-order valence-corrected chi connectivity index (χ4v) is 2.95. The summed E-state index contributed by atoms with van der Waals surface area (Å²) in [6, 6.07) is 0.535. The van der Waals surface area contributed by atoms with E-state index in [2.05, 4.69) is 53.5 Å². The minimum absolute atomic E-state index is 0.295. The lowest BCUT2D eigenvalue weighted by atomic mass is 9.87. The Morgan fingerprint density at radius 3 is 2.87 bits per heavy atom. The highest BCUT2D eigenvalue weighted by molar-refractivity contribution is 5.80. The van der Waals surface area contributed by atoms with Crippen molar-refractivity contribution in [3.8, 4) is 0 Å². The third-order valence-electron chi connectivity index (χ3n) is 4.22. The molecule has 130 valence electrons. The predicted octanol–water partition coefficient (Wildman–Crippen LogP) is 2.87. The second kappa shape index (κ2) is 8.89. The molecule has 1 fully saturated rings. The van der Waals surface area contributed by atoms with E-state index in [9.17, 15) is 0 Å². The van der Waals surface area contributed by atoms with Gasteiger partial charge in [0.1, 0.15) is 0 Å². The smallest absolute Gasteiger partial charge is 0.228 e. The van der Waals surface area contributed by atoms with E-state index in [1.54, 1.807) is 0 Å². The molecule has 0 aromatic carbocycles. The topological polar surface area (TPSA) is 75.3 Å². The Bertz CT molecular complexity index is 497. The molecule has 2 rings (SSSR count). The highest BCUT2D eigenvalue weighted by Gasteiger charge is 2.19. The molecule has 0 bridgehead atoms. The van der Waals surface area contributed by atoms with E-state index in [-0.39, 0.29) is 0 Å².